The fourth-order valence-electron chi connectivity index (χ4n) is 1.63. The van der Waals surface area contributed by atoms with Gasteiger partial charge in [-0.2, -0.15) is 0 Å². The van der Waals surface area contributed by atoms with E-state index in [1.54, 1.807) is 6.07 Å². The van der Waals surface area contributed by atoms with Crippen LogP contribution in [0, 0.1) is 0 Å². The van der Waals surface area contributed by atoms with Crippen LogP contribution in [0.5, 0.6) is 0 Å². The third-order valence-electron chi connectivity index (χ3n) is 2.63. The van der Waals surface area contributed by atoms with Gasteiger partial charge in [-0.1, -0.05) is 17.8 Å². The summed E-state index contributed by atoms with van der Waals surface area (Å²) < 4.78 is 8.67. The number of aliphatic hydroxyl groups is 1. The van der Waals surface area contributed by atoms with Gasteiger partial charge >= 0.3 is 0 Å². The van der Waals surface area contributed by atoms with Crippen LogP contribution in [0.3, 0.4) is 0 Å². The SMILES string of the molecule is CCCc1nnsc1C(=O)NC[C@H](O)c1ccoc1. The van der Waals surface area contributed by atoms with Crippen LogP contribution in [0.15, 0.2) is 23.0 Å². The zero-order valence-corrected chi connectivity index (χ0v) is 11.3. The maximum Gasteiger partial charge on any atom is 0.265 e. The standard InChI is InChI=1S/C12H15N3O3S/c1-2-3-9-11(19-15-14-9)12(17)13-6-10(16)8-4-5-18-7-8/h4-5,7,10,16H,2-3,6H2,1H3,(H,13,17)/t10-/m0/s1. The van der Waals surface area contributed by atoms with Gasteiger partial charge in [0.1, 0.15) is 4.88 Å². The van der Waals surface area contributed by atoms with Crippen molar-refractivity contribution >= 4 is 17.4 Å². The minimum Gasteiger partial charge on any atom is -0.472 e. The van der Waals surface area contributed by atoms with Gasteiger partial charge in [0.25, 0.3) is 5.91 Å². The summed E-state index contributed by atoms with van der Waals surface area (Å²) in [5.41, 5.74) is 1.35. The number of hydrogen-bond donors (Lipinski definition) is 2. The number of carbonyl (C=O) groups excluding carboxylic acids is 1. The van der Waals surface area contributed by atoms with E-state index in [2.05, 4.69) is 14.9 Å². The van der Waals surface area contributed by atoms with Gasteiger partial charge < -0.3 is 14.8 Å². The molecule has 0 aliphatic heterocycles. The molecule has 0 spiro atoms. The summed E-state index contributed by atoms with van der Waals surface area (Å²) in [7, 11) is 0. The van der Waals surface area contributed by atoms with Crippen molar-refractivity contribution in [1.82, 2.24) is 14.9 Å². The number of nitrogens with one attached hydrogen (secondary N) is 1. The van der Waals surface area contributed by atoms with E-state index in [0.29, 0.717) is 16.1 Å². The number of rotatable bonds is 6. The molecule has 0 saturated carbocycles. The largest absolute Gasteiger partial charge is 0.472 e. The van der Waals surface area contributed by atoms with Crippen LogP contribution in [-0.4, -0.2) is 27.1 Å². The van der Waals surface area contributed by atoms with Crippen molar-refractivity contribution in [3.05, 3.63) is 34.7 Å². The molecule has 0 bridgehead atoms. The number of aliphatic hydroxyl groups excluding tert-OH is 1. The molecule has 1 atom stereocenters. The molecule has 102 valence electrons. The second-order valence-corrected chi connectivity index (χ2v) is 4.84. The van der Waals surface area contributed by atoms with Crippen LogP contribution in [0.1, 0.15) is 40.4 Å². The summed E-state index contributed by atoms with van der Waals surface area (Å²) >= 11 is 1.07. The molecule has 0 unspecified atom stereocenters. The molecule has 2 rings (SSSR count). The summed E-state index contributed by atoms with van der Waals surface area (Å²) in [4.78, 5) is 12.5. The number of amides is 1. The molecule has 0 aliphatic rings. The van der Waals surface area contributed by atoms with Crippen molar-refractivity contribution in [3.8, 4) is 0 Å². The van der Waals surface area contributed by atoms with E-state index in [9.17, 15) is 9.90 Å². The summed E-state index contributed by atoms with van der Waals surface area (Å²) in [6.45, 7) is 2.14. The second-order valence-electron chi connectivity index (χ2n) is 4.08. The Morgan fingerprint density at radius 3 is 3.16 bits per heavy atom. The van der Waals surface area contributed by atoms with Gasteiger partial charge in [-0.05, 0) is 24.0 Å². The highest BCUT2D eigenvalue weighted by molar-refractivity contribution is 7.08. The van der Waals surface area contributed by atoms with Gasteiger partial charge in [-0.15, -0.1) is 5.10 Å². The maximum atomic E-state index is 12.0. The number of hydrogen-bond acceptors (Lipinski definition) is 6. The lowest BCUT2D eigenvalue weighted by molar-refractivity contribution is 0.0919. The molecule has 6 nitrogen and oxygen atoms in total. The first-order chi connectivity index (χ1) is 9.22. The van der Waals surface area contributed by atoms with E-state index in [0.717, 1.165) is 24.4 Å². The maximum absolute atomic E-state index is 12.0. The summed E-state index contributed by atoms with van der Waals surface area (Å²) in [6.07, 6.45) is 3.78. The number of aromatic nitrogens is 2. The normalized spacial score (nSPS) is 12.3. The van der Waals surface area contributed by atoms with E-state index in [-0.39, 0.29) is 12.5 Å². The van der Waals surface area contributed by atoms with Crippen LogP contribution >= 0.6 is 11.5 Å². The number of nitrogens with zero attached hydrogens (tertiary/aromatic N) is 2. The van der Waals surface area contributed by atoms with E-state index in [1.165, 1.54) is 12.5 Å². The van der Waals surface area contributed by atoms with Gasteiger partial charge in [0.2, 0.25) is 0 Å². The topological polar surface area (TPSA) is 88.2 Å². The fourth-order valence-corrected chi connectivity index (χ4v) is 2.26. The van der Waals surface area contributed by atoms with Crippen molar-refractivity contribution in [2.24, 2.45) is 0 Å². The van der Waals surface area contributed by atoms with E-state index >= 15 is 0 Å². The fraction of sp³-hybridized carbons (Fsp3) is 0.417. The van der Waals surface area contributed by atoms with Gasteiger partial charge in [0.15, 0.2) is 0 Å². The van der Waals surface area contributed by atoms with Crippen LogP contribution in [0.25, 0.3) is 0 Å². The summed E-state index contributed by atoms with van der Waals surface area (Å²) in [5, 5.41) is 16.4. The van der Waals surface area contributed by atoms with Crippen molar-refractivity contribution in [3.63, 3.8) is 0 Å². The average molecular weight is 281 g/mol. The highest BCUT2D eigenvalue weighted by Gasteiger charge is 2.17. The van der Waals surface area contributed by atoms with Crippen molar-refractivity contribution in [2.75, 3.05) is 6.54 Å². The first kappa shape index (κ1) is 13.7. The van der Waals surface area contributed by atoms with E-state index < -0.39 is 6.10 Å². The Morgan fingerprint density at radius 2 is 2.47 bits per heavy atom. The minimum absolute atomic E-state index is 0.127. The first-order valence-corrected chi connectivity index (χ1v) is 6.79. The predicted octanol–water partition coefficient (Wildman–Crippen LogP) is 1.55. The molecular weight excluding hydrogens is 266 g/mol. The van der Waals surface area contributed by atoms with Crippen LogP contribution in [0.2, 0.25) is 0 Å². The summed E-state index contributed by atoms with van der Waals surface area (Å²) in [5.74, 6) is -0.249. The molecule has 19 heavy (non-hydrogen) atoms. The molecule has 2 aromatic rings. The number of aryl methyl sites for hydroxylation is 1. The second kappa shape index (κ2) is 6.44. The molecule has 0 fully saturated rings. The Balaban J connectivity index is 1.92. The molecule has 2 N–H and O–H groups in total. The highest BCUT2D eigenvalue weighted by atomic mass is 32.1. The van der Waals surface area contributed by atoms with E-state index in [1.807, 2.05) is 6.92 Å². The third-order valence-corrected chi connectivity index (χ3v) is 3.40. The molecule has 0 saturated heterocycles. The Labute approximate surface area is 114 Å². The summed E-state index contributed by atoms with van der Waals surface area (Å²) in [6, 6.07) is 1.66. The Kier molecular flexibility index (Phi) is 4.64. The lowest BCUT2D eigenvalue weighted by atomic mass is 10.2. The third kappa shape index (κ3) is 3.39. The Hall–Kier alpha value is -1.73. The molecule has 1 amide bonds. The minimum atomic E-state index is -0.779. The lowest BCUT2D eigenvalue weighted by Crippen LogP contribution is -2.28. The smallest absolute Gasteiger partial charge is 0.265 e. The zero-order valence-electron chi connectivity index (χ0n) is 10.5. The quantitative estimate of drug-likeness (QED) is 0.838. The molecular formula is C12H15N3O3S. The molecule has 0 radical (unpaired) electrons. The van der Waals surface area contributed by atoms with Gasteiger partial charge in [-0.25, -0.2) is 0 Å². The molecule has 2 heterocycles. The average Bonchev–Trinajstić information content (AvgIpc) is 3.06. The molecule has 0 aromatic carbocycles. The number of carbonyl (C=O) groups is 1. The molecule has 0 aliphatic carbocycles. The van der Waals surface area contributed by atoms with Gasteiger partial charge in [0.05, 0.1) is 24.3 Å². The van der Waals surface area contributed by atoms with Crippen LogP contribution in [-0.2, 0) is 6.42 Å². The van der Waals surface area contributed by atoms with Crippen LogP contribution < -0.4 is 5.32 Å². The zero-order chi connectivity index (χ0) is 13.7. The monoisotopic (exact) mass is 281 g/mol. The van der Waals surface area contributed by atoms with E-state index in [4.69, 9.17) is 4.42 Å². The van der Waals surface area contributed by atoms with Crippen LogP contribution in [0.4, 0.5) is 0 Å². The predicted molar refractivity (Wildman–Crippen MR) is 69.9 cm³/mol. The van der Waals surface area contributed by atoms with Crippen molar-refractivity contribution in [2.45, 2.75) is 25.9 Å². The molecule has 7 heteroatoms. The van der Waals surface area contributed by atoms with Gasteiger partial charge in [0, 0.05) is 12.1 Å². The molecule has 2 aromatic heterocycles. The first-order valence-electron chi connectivity index (χ1n) is 6.02. The van der Waals surface area contributed by atoms with Crippen molar-refractivity contribution in [1.29, 1.82) is 0 Å². The van der Waals surface area contributed by atoms with Gasteiger partial charge in [-0.3, -0.25) is 4.79 Å². The lowest BCUT2D eigenvalue weighted by Gasteiger charge is -2.09. The van der Waals surface area contributed by atoms with Crippen molar-refractivity contribution < 1.29 is 14.3 Å². The number of furan rings is 1. The Morgan fingerprint density at radius 1 is 1.63 bits per heavy atom. The Bertz CT molecular complexity index is 524. The highest BCUT2D eigenvalue weighted by Crippen LogP contribution is 2.14.